The number of Topliss-reactive ketones (excluding diaryl/α,β-unsaturated/α-hetero) is 2. The van der Waals surface area contributed by atoms with Gasteiger partial charge >= 0.3 is 5.97 Å². The Morgan fingerprint density at radius 2 is 1.69 bits per heavy atom. The minimum absolute atomic E-state index is 0.0963. The Kier molecular flexibility index (Phi) is 3.78. The molecule has 0 bridgehead atoms. The van der Waals surface area contributed by atoms with Gasteiger partial charge in [-0.2, -0.15) is 0 Å². The molecule has 0 saturated carbocycles. The molecule has 13 heavy (non-hydrogen) atoms. The largest absolute Gasteiger partial charge is 0.481 e. The monoisotopic (exact) mass is 186 g/mol. The highest BCUT2D eigenvalue weighted by Crippen LogP contribution is 2.23. The van der Waals surface area contributed by atoms with Crippen LogP contribution >= 0.6 is 0 Å². The second-order valence-electron chi connectivity index (χ2n) is 3.76. The van der Waals surface area contributed by atoms with Crippen LogP contribution in [0.1, 0.15) is 33.6 Å². The molecule has 0 aromatic heterocycles. The SMILES string of the molecule is CC(=O)CC(C)(C)C(=O)CC(=O)O. The Balaban J connectivity index is 4.35. The fraction of sp³-hybridized carbons (Fsp3) is 0.667. The van der Waals surface area contributed by atoms with Gasteiger partial charge in [0.05, 0.1) is 0 Å². The maximum atomic E-state index is 11.3. The smallest absolute Gasteiger partial charge is 0.310 e. The van der Waals surface area contributed by atoms with Gasteiger partial charge in [0.25, 0.3) is 0 Å². The minimum atomic E-state index is -1.15. The van der Waals surface area contributed by atoms with E-state index in [2.05, 4.69) is 0 Å². The fourth-order valence-electron chi connectivity index (χ4n) is 1.10. The highest BCUT2D eigenvalue weighted by Gasteiger charge is 2.30. The average molecular weight is 186 g/mol. The zero-order valence-corrected chi connectivity index (χ0v) is 8.09. The van der Waals surface area contributed by atoms with Crippen molar-refractivity contribution in [2.75, 3.05) is 0 Å². The zero-order chi connectivity index (χ0) is 10.6. The molecule has 1 N–H and O–H groups in total. The summed E-state index contributed by atoms with van der Waals surface area (Å²) in [5, 5.41) is 8.38. The van der Waals surface area contributed by atoms with Crippen molar-refractivity contribution in [3.63, 3.8) is 0 Å². The summed E-state index contributed by atoms with van der Waals surface area (Å²) in [7, 11) is 0. The molecule has 0 aromatic carbocycles. The van der Waals surface area contributed by atoms with Gasteiger partial charge in [0.2, 0.25) is 0 Å². The highest BCUT2D eigenvalue weighted by atomic mass is 16.4. The summed E-state index contributed by atoms with van der Waals surface area (Å²) >= 11 is 0. The number of rotatable bonds is 5. The van der Waals surface area contributed by atoms with Crippen molar-refractivity contribution in [3.8, 4) is 0 Å². The van der Waals surface area contributed by atoms with Crippen molar-refractivity contribution in [1.29, 1.82) is 0 Å². The summed E-state index contributed by atoms with van der Waals surface area (Å²) in [6.07, 6.45) is -0.417. The predicted molar refractivity (Wildman–Crippen MR) is 46.3 cm³/mol. The molecule has 0 heterocycles. The standard InChI is InChI=1S/C9H14O4/c1-6(10)5-9(2,3)7(11)4-8(12)13/h4-5H2,1-3H3,(H,12,13). The quantitative estimate of drug-likeness (QED) is 0.651. The molecule has 4 nitrogen and oxygen atoms in total. The second kappa shape index (κ2) is 4.16. The van der Waals surface area contributed by atoms with Crippen molar-refractivity contribution in [2.24, 2.45) is 5.41 Å². The Bertz CT molecular complexity index is 240. The first-order chi connectivity index (χ1) is 5.75. The van der Waals surface area contributed by atoms with Crippen molar-refractivity contribution < 1.29 is 19.5 Å². The van der Waals surface area contributed by atoms with E-state index < -0.39 is 23.6 Å². The van der Waals surface area contributed by atoms with E-state index in [9.17, 15) is 14.4 Å². The molecule has 0 aromatic rings. The topological polar surface area (TPSA) is 71.4 Å². The van der Waals surface area contributed by atoms with Crippen molar-refractivity contribution in [2.45, 2.75) is 33.6 Å². The van der Waals surface area contributed by atoms with E-state index in [-0.39, 0.29) is 12.2 Å². The lowest BCUT2D eigenvalue weighted by atomic mass is 9.82. The summed E-state index contributed by atoms with van der Waals surface area (Å²) in [5.74, 6) is -1.67. The minimum Gasteiger partial charge on any atom is -0.481 e. The maximum Gasteiger partial charge on any atom is 0.310 e. The fourth-order valence-corrected chi connectivity index (χ4v) is 1.10. The highest BCUT2D eigenvalue weighted by molar-refractivity contribution is 5.99. The number of carbonyl (C=O) groups is 3. The van der Waals surface area contributed by atoms with Crippen LogP contribution in [0.15, 0.2) is 0 Å². The van der Waals surface area contributed by atoms with Gasteiger partial charge in [0, 0.05) is 11.8 Å². The molecule has 0 aliphatic rings. The molecule has 0 spiro atoms. The summed E-state index contributed by atoms with van der Waals surface area (Å²) in [4.78, 5) is 32.3. The molecule has 74 valence electrons. The number of carboxylic acids is 1. The Morgan fingerprint density at radius 3 is 2.00 bits per heavy atom. The molecule has 0 radical (unpaired) electrons. The van der Waals surface area contributed by atoms with Crippen LogP contribution in [0.3, 0.4) is 0 Å². The Morgan fingerprint density at radius 1 is 1.23 bits per heavy atom. The lowest BCUT2D eigenvalue weighted by Gasteiger charge is -2.20. The first kappa shape index (κ1) is 11.8. The first-order valence-corrected chi connectivity index (χ1v) is 4.00. The van der Waals surface area contributed by atoms with E-state index in [1.54, 1.807) is 13.8 Å². The van der Waals surface area contributed by atoms with Crippen molar-refractivity contribution in [1.82, 2.24) is 0 Å². The third kappa shape index (κ3) is 4.40. The molecule has 0 rings (SSSR count). The molecule has 4 heteroatoms. The van der Waals surface area contributed by atoms with Crippen molar-refractivity contribution in [3.05, 3.63) is 0 Å². The van der Waals surface area contributed by atoms with E-state index in [0.717, 1.165) is 0 Å². The van der Waals surface area contributed by atoms with Crippen LogP contribution < -0.4 is 0 Å². The number of carbonyl (C=O) groups excluding carboxylic acids is 2. The predicted octanol–water partition coefficient (Wildman–Crippen LogP) is 1.04. The summed E-state index contributed by atoms with van der Waals surface area (Å²) in [5.41, 5.74) is -0.857. The zero-order valence-electron chi connectivity index (χ0n) is 8.09. The van der Waals surface area contributed by atoms with Crippen LogP contribution in [-0.2, 0) is 14.4 Å². The summed E-state index contributed by atoms with van der Waals surface area (Å²) in [6.45, 7) is 4.55. The number of aliphatic carboxylic acids is 1. The summed E-state index contributed by atoms with van der Waals surface area (Å²) in [6, 6.07) is 0. The van der Waals surface area contributed by atoms with E-state index in [1.807, 2.05) is 0 Å². The third-order valence-corrected chi connectivity index (χ3v) is 1.76. The van der Waals surface area contributed by atoms with E-state index in [0.29, 0.717) is 0 Å². The second-order valence-corrected chi connectivity index (χ2v) is 3.76. The number of carboxylic acid groups (broad SMARTS) is 1. The van der Waals surface area contributed by atoms with E-state index in [1.165, 1.54) is 6.92 Å². The van der Waals surface area contributed by atoms with Crippen LogP contribution in [0.25, 0.3) is 0 Å². The molecule has 0 amide bonds. The number of hydrogen-bond acceptors (Lipinski definition) is 3. The molecule has 0 aliphatic carbocycles. The van der Waals surface area contributed by atoms with Gasteiger partial charge in [0.15, 0.2) is 0 Å². The van der Waals surface area contributed by atoms with Gasteiger partial charge in [-0.1, -0.05) is 13.8 Å². The van der Waals surface area contributed by atoms with Crippen LogP contribution in [0.4, 0.5) is 0 Å². The number of hydrogen-bond donors (Lipinski definition) is 1. The average Bonchev–Trinajstić information content (AvgIpc) is 1.81. The van der Waals surface area contributed by atoms with Gasteiger partial charge in [0.1, 0.15) is 18.0 Å². The third-order valence-electron chi connectivity index (χ3n) is 1.76. The van der Waals surface area contributed by atoms with Gasteiger partial charge < -0.3 is 5.11 Å². The molecule has 0 fully saturated rings. The normalized spacial score (nSPS) is 11.0. The lowest BCUT2D eigenvalue weighted by Crippen LogP contribution is -2.28. The molecule has 0 atom stereocenters. The molecular formula is C9H14O4. The Hall–Kier alpha value is -1.19. The van der Waals surface area contributed by atoms with E-state index in [4.69, 9.17) is 5.11 Å². The number of ketones is 2. The van der Waals surface area contributed by atoms with Crippen LogP contribution in [0, 0.1) is 5.41 Å². The molecule has 0 aliphatic heterocycles. The molecule has 0 unspecified atom stereocenters. The van der Waals surface area contributed by atoms with Gasteiger partial charge in [-0.3, -0.25) is 14.4 Å². The van der Waals surface area contributed by atoms with Crippen LogP contribution in [0.2, 0.25) is 0 Å². The lowest BCUT2D eigenvalue weighted by molar-refractivity contribution is -0.143. The first-order valence-electron chi connectivity index (χ1n) is 4.00. The van der Waals surface area contributed by atoms with Gasteiger partial charge in [-0.05, 0) is 6.92 Å². The van der Waals surface area contributed by atoms with Gasteiger partial charge in [-0.25, -0.2) is 0 Å². The Labute approximate surface area is 76.9 Å². The molecule has 0 saturated heterocycles. The van der Waals surface area contributed by atoms with Crippen LogP contribution in [-0.4, -0.2) is 22.6 Å². The molecular weight excluding hydrogens is 172 g/mol. The van der Waals surface area contributed by atoms with Crippen LogP contribution in [0.5, 0.6) is 0 Å². The van der Waals surface area contributed by atoms with Crippen molar-refractivity contribution >= 4 is 17.5 Å². The summed E-state index contributed by atoms with van der Waals surface area (Å²) < 4.78 is 0. The van der Waals surface area contributed by atoms with E-state index >= 15 is 0 Å². The van der Waals surface area contributed by atoms with Gasteiger partial charge in [-0.15, -0.1) is 0 Å². The maximum absolute atomic E-state index is 11.3.